The summed E-state index contributed by atoms with van der Waals surface area (Å²) in [6.07, 6.45) is -2.81. The monoisotopic (exact) mass is 519 g/mol. The number of thioether (sulfide) groups is 2. The lowest BCUT2D eigenvalue weighted by atomic mass is 9.89. The molecule has 3 rings (SSSR count). The van der Waals surface area contributed by atoms with E-state index in [4.69, 9.17) is 5.73 Å². The van der Waals surface area contributed by atoms with Crippen LogP contribution in [-0.2, 0) is 20.6 Å². The fourth-order valence-corrected chi connectivity index (χ4v) is 5.97. The van der Waals surface area contributed by atoms with Crippen molar-refractivity contribution in [1.29, 1.82) is 0 Å². The highest BCUT2D eigenvalue weighted by atomic mass is 35.5. The molecule has 0 aliphatic heterocycles. The Kier molecular flexibility index (Phi) is 8.00. The van der Waals surface area contributed by atoms with Crippen LogP contribution in [0.2, 0.25) is 0 Å². The van der Waals surface area contributed by atoms with Crippen LogP contribution in [-0.4, -0.2) is 72.1 Å². The van der Waals surface area contributed by atoms with Crippen molar-refractivity contribution >= 4 is 53.8 Å². The third kappa shape index (κ3) is 4.94. The number of aromatic nitrogens is 3. The lowest BCUT2D eigenvalue weighted by Crippen LogP contribution is -2.59. The fraction of sp³-hybridized carbons (Fsp3) is 0.688. The molecular formula is C16H21ClF3N5O5S2. The highest BCUT2D eigenvalue weighted by molar-refractivity contribution is 7.99. The Morgan fingerprint density at radius 2 is 2.03 bits per heavy atom. The maximum absolute atomic E-state index is 12.7. The van der Waals surface area contributed by atoms with Gasteiger partial charge in [-0.2, -0.15) is 29.9 Å². The number of H-pyrrole nitrogens is 1. The Labute approximate surface area is 194 Å². The first-order chi connectivity index (χ1) is 14.4. The first-order valence-electron chi connectivity index (χ1n) is 9.11. The lowest BCUT2D eigenvalue weighted by Gasteiger charge is -2.31. The van der Waals surface area contributed by atoms with Crippen LogP contribution < -0.4 is 11.1 Å². The lowest BCUT2D eigenvalue weighted by molar-refractivity contribution is -0.150. The van der Waals surface area contributed by atoms with Crippen molar-refractivity contribution in [2.75, 3.05) is 12.0 Å². The molecule has 2 aliphatic rings. The number of nitrogens with two attached hydrogens (primary N) is 1. The number of carboxylic acids is 2. The predicted molar refractivity (Wildman–Crippen MR) is 110 cm³/mol. The Morgan fingerprint density at radius 1 is 1.38 bits per heavy atom. The highest BCUT2D eigenvalue weighted by Crippen LogP contribution is 2.65. The number of alkyl halides is 3. The minimum absolute atomic E-state index is 0. The Hall–Kier alpha value is -1.71. The molecular weight excluding hydrogens is 499 g/mol. The van der Waals surface area contributed by atoms with E-state index in [1.165, 1.54) is 11.8 Å². The Balaban J connectivity index is 0.00000363. The number of carbonyl (C=O) groups is 3. The molecule has 180 valence electrons. The third-order valence-electron chi connectivity index (χ3n) is 5.57. The highest BCUT2D eigenvalue weighted by Gasteiger charge is 2.76. The molecule has 2 aliphatic carbocycles. The van der Waals surface area contributed by atoms with Crippen molar-refractivity contribution in [2.24, 2.45) is 23.5 Å². The summed E-state index contributed by atoms with van der Waals surface area (Å²) in [5, 5.41) is 26.1. The summed E-state index contributed by atoms with van der Waals surface area (Å²) in [5.41, 5.74) is 3.94. The van der Waals surface area contributed by atoms with Crippen LogP contribution in [0.15, 0.2) is 5.16 Å². The zero-order chi connectivity index (χ0) is 23.1. The number of carboxylic acid groups (broad SMARTS) is 2. The molecule has 2 saturated carbocycles. The number of halogens is 4. The molecule has 32 heavy (non-hydrogen) atoms. The molecule has 10 nitrogen and oxygen atoms in total. The van der Waals surface area contributed by atoms with Gasteiger partial charge >= 0.3 is 18.1 Å². The van der Waals surface area contributed by atoms with Gasteiger partial charge in [0.1, 0.15) is 5.54 Å². The number of nitrogens with one attached hydrogen (secondary N) is 2. The van der Waals surface area contributed by atoms with Gasteiger partial charge in [0, 0.05) is 11.2 Å². The van der Waals surface area contributed by atoms with E-state index in [0.717, 1.165) is 11.8 Å². The zero-order valence-corrected chi connectivity index (χ0v) is 18.9. The second-order valence-electron chi connectivity index (χ2n) is 7.45. The van der Waals surface area contributed by atoms with Gasteiger partial charge in [-0.25, -0.2) is 4.79 Å². The van der Waals surface area contributed by atoms with Gasteiger partial charge in [0.2, 0.25) is 16.9 Å². The van der Waals surface area contributed by atoms with Gasteiger partial charge in [-0.15, -0.1) is 17.5 Å². The molecule has 16 heteroatoms. The van der Waals surface area contributed by atoms with Crippen molar-refractivity contribution in [3.63, 3.8) is 0 Å². The summed E-state index contributed by atoms with van der Waals surface area (Å²) in [5.74, 6) is -6.76. The minimum Gasteiger partial charge on any atom is -0.481 e. The van der Waals surface area contributed by atoms with Crippen molar-refractivity contribution in [1.82, 2.24) is 20.5 Å². The number of hydrogen-bond acceptors (Lipinski definition) is 8. The molecule has 1 heterocycles. The van der Waals surface area contributed by atoms with Gasteiger partial charge in [-0.1, -0.05) is 11.8 Å². The largest absolute Gasteiger partial charge is 0.481 e. The van der Waals surface area contributed by atoms with E-state index in [2.05, 4.69) is 15.4 Å². The standard InChI is InChI=1S/C16H20F3N5O5S2.ClH/c1-30-3-2-5(20)10(25)22-15(13(28)29)4-6(7-8(9(7)15)11(26)27)31-14-21-12(23-24-14)16(17,18)19;/h5-9H,2-4,20H2,1H3,(H,22,25)(H,26,27)(H,28,29)(H,21,23,24);1H/t5?,6-,7+,8+,9+,15+;/m1./s1. The second-order valence-corrected chi connectivity index (χ2v) is 9.64. The van der Waals surface area contributed by atoms with Crippen LogP contribution in [0.25, 0.3) is 0 Å². The minimum atomic E-state index is -4.74. The summed E-state index contributed by atoms with van der Waals surface area (Å²) in [4.78, 5) is 39.7. The van der Waals surface area contributed by atoms with Crippen LogP contribution >= 0.6 is 35.9 Å². The van der Waals surface area contributed by atoms with Crippen LogP contribution in [0, 0.1) is 17.8 Å². The fourth-order valence-electron chi connectivity index (χ4n) is 4.13. The van der Waals surface area contributed by atoms with E-state index in [9.17, 15) is 37.8 Å². The SMILES string of the molecule is CSCCC(N)C(=O)N[C@@]1(C(=O)O)C[C@@H](Sc2n[nH]c(C(F)(F)F)n2)[C@H]2[C@H](C(=O)O)[C@H]21.Cl. The number of rotatable bonds is 9. The van der Waals surface area contributed by atoms with Gasteiger partial charge in [0.15, 0.2) is 0 Å². The maximum atomic E-state index is 12.7. The third-order valence-corrected chi connectivity index (χ3v) is 7.39. The summed E-state index contributed by atoms with van der Waals surface area (Å²) in [7, 11) is 0. The summed E-state index contributed by atoms with van der Waals surface area (Å²) < 4.78 is 38.2. The van der Waals surface area contributed by atoms with Crippen LogP contribution in [0.4, 0.5) is 13.2 Å². The molecule has 0 spiro atoms. The van der Waals surface area contributed by atoms with Crippen molar-refractivity contribution < 1.29 is 37.8 Å². The molecule has 1 amide bonds. The number of carbonyl (C=O) groups excluding carboxylic acids is 1. The predicted octanol–water partition coefficient (Wildman–Crippen LogP) is 1.08. The van der Waals surface area contributed by atoms with Gasteiger partial charge in [-0.3, -0.25) is 14.7 Å². The number of amides is 1. The van der Waals surface area contributed by atoms with Gasteiger partial charge in [0.25, 0.3) is 0 Å². The molecule has 0 radical (unpaired) electrons. The molecule has 1 aromatic rings. The van der Waals surface area contributed by atoms with E-state index < -0.39 is 64.4 Å². The van der Waals surface area contributed by atoms with E-state index >= 15 is 0 Å². The molecule has 2 fully saturated rings. The molecule has 6 atom stereocenters. The number of fused-ring (bicyclic) bond motifs is 1. The van der Waals surface area contributed by atoms with Crippen molar-refractivity contribution in [2.45, 2.75) is 41.0 Å². The Morgan fingerprint density at radius 3 is 2.53 bits per heavy atom. The van der Waals surface area contributed by atoms with E-state index in [-0.39, 0.29) is 24.0 Å². The molecule has 0 saturated heterocycles. The van der Waals surface area contributed by atoms with Crippen molar-refractivity contribution in [3.05, 3.63) is 5.82 Å². The van der Waals surface area contributed by atoms with Gasteiger partial charge in [0.05, 0.1) is 12.0 Å². The molecule has 1 aromatic heterocycles. The normalized spacial score (nSPS) is 29.5. The molecule has 1 unspecified atom stereocenters. The van der Waals surface area contributed by atoms with Gasteiger partial charge in [-0.05, 0) is 30.8 Å². The average molecular weight is 520 g/mol. The number of aliphatic carboxylic acids is 2. The first-order valence-corrected chi connectivity index (χ1v) is 11.4. The second kappa shape index (κ2) is 9.65. The van der Waals surface area contributed by atoms with Crippen LogP contribution in [0.5, 0.6) is 0 Å². The van der Waals surface area contributed by atoms with Gasteiger partial charge < -0.3 is 21.3 Å². The molecule has 0 aromatic carbocycles. The summed E-state index contributed by atoms with van der Waals surface area (Å²) >= 11 is 2.22. The molecule has 0 bridgehead atoms. The van der Waals surface area contributed by atoms with Crippen LogP contribution in [0.3, 0.4) is 0 Å². The van der Waals surface area contributed by atoms with E-state index in [0.29, 0.717) is 12.2 Å². The quantitative estimate of drug-likeness (QED) is 0.318. The number of nitrogens with zero attached hydrogens (tertiary/aromatic N) is 2. The van der Waals surface area contributed by atoms with E-state index in [1.54, 1.807) is 5.10 Å². The van der Waals surface area contributed by atoms with E-state index in [1.807, 2.05) is 6.26 Å². The average Bonchev–Trinajstić information content (AvgIpc) is 3.11. The smallest absolute Gasteiger partial charge is 0.451 e. The van der Waals surface area contributed by atoms with Crippen molar-refractivity contribution in [3.8, 4) is 0 Å². The van der Waals surface area contributed by atoms with Crippen LogP contribution in [0.1, 0.15) is 18.7 Å². The maximum Gasteiger partial charge on any atom is 0.451 e. The number of aromatic amines is 1. The Bertz CT molecular complexity index is 890. The molecule has 6 N–H and O–H groups in total. The first kappa shape index (κ1) is 26.5. The summed E-state index contributed by atoms with van der Waals surface area (Å²) in [6.45, 7) is 0. The number of hydrogen-bond donors (Lipinski definition) is 5. The summed E-state index contributed by atoms with van der Waals surface area (Å²) in [6, 6.07) is -0.974. The zero-order valence-electron chi connectivity index (χ0n) is 16.5. The topological polar surface area (TPSA) is 171 Å².